The molecule has 23 heavy (non-hydrogen) atoms. The van der Waals surface area contributed by atoms with Crippen LogP contribution in [0.3, 0.4) is 0 Å². The summed E-state index contributed by atoms with van der Waals surface area (Å²) in [4.78, 5) is 12.0. The van der Waals surface area contributed by atoms with Crippen molar-refractivity contribution in [2.45, 2.75) is 12.5 Å². The zero-order chi connectivity index (χ0) is 15.4. The molecule has 3 aliphatic rings. The van der Waals surface area contributed by atoms with Crippen LogP contribution in [0.1, 0.15) is 16.8 Å². The van der Waals surface area contributed by atoms with Crippen LogP contribution in [0, 0.1) is 63.7 Å². The molecule has 116 valence electrons. The van der Waals surface area contributed by atoms with Crippen LogP contribution in [-0.4, -0.2) is 11.9 Å². The average molecular weight is 411 g/mol. The first-order valence-corrected chi connectivity index (χ1v) is 7.91. The third-order valence-electron chi connectivity index (χ3n) is 3.50. The van der Waals surface area contributed by atoms with Crippen molar-refractivity contribution < 1.29 is 26.6 Å². The second-order valence-corrected chi connectivity index (χ2v) is 5.97. The molecule has 1 aliphatic heterocycles. The number of halogens is 1. The summed E-state index contributed by atoms with van der Waals surface area (Å²) in [5.74, 6) is 1.88. The van der Waals surface area contributed by atoms with Crippen LogP contribution in [0.4, 0.5) is 0 Å². The van der Waals surface area contributed by atoms with Gasteiger partial charge in [0.2, 0.25) is 0 Å². The fourth-order valence-electron chi connectivity index (χ4n) is 2.41. The van der Waals surface area contributed by atoms with Crippen molar-refractivity contribution in [1.29, 1.82) is 0 Å². The van der Waals surface area contributed by atoms with Crippen LogP contribution in [0.15, 0.2) is 22.7 Å². The van der Waals surface area contributed by atoms with Gasteiger partial charge in [0.25, 0.3) is 0 Å². The summed E-state index contributed by atoms with van der Waals surface area (Å²) in [7, 11) is 0. The minimum atomic E-state index is -0.147. The second-order valence-electron chi connectivity index (χ2n) is 5.05. The molecule has 2 nitrogen and oxygen atoms in total. The van der Waals surface area contributed by atoms with Crippen molar-refractivity contribution >= 4 is 21.7 Å². The largest absolute Gasteiger partial charge is 2.00 e. The Bertz CT molecular complexity index is 514. The SMILES string of the molecule is O=C1CC([C]2[CH][CH][CH][CH]2)Oc2ccc(Br)cc21.[CH]1[CH][CH][CH][CH]1.[Fe+2]. The van der Waals surface area contributed by atoms with E-state index in [2.05, 4.69) is 15.9 Å². The van der Waals surface area contributed by atoms with E-state index in [1.165, 1.54) is 0 Å². The van der Waals surface area contributed by atoms with Crippen LogP contribution >= 0.6 is 15.9 Å². The smallest absolute Gasteiger partial charge is 0.489 e. The van der Waals surface area contributed by atoms with Crippen LogP contribution in [0.25, 0.3) is 0 Å². The van der Waals surface area contributed by atoms with Crippen molar-refractivity contribution in [3.63, 3.8) is 0 Å². The Hall–Kier alpha value is -0.311. The van der Waals surface area contributed by atoms with Crippen LogP contribution in [-0.2, 0) is 17.1 Å². The molecule has 0 amide bonds. The molecule has 0 saturated heterocycles. The molecule has 2 aliphatic carbocycles. The second kappa shape index (κ2) is 9.25. The summed E-state index contributed by atoms with van der Waals surface area (Å²) in [6.07, 6.45) is 18.2. The Labute approximate surface area is 158 Å². The summed E-state index contributed by atoms with van der Waals surface area (Å²) in [6, 6.07) is 5.55. The molecule has 0 spiro atoms. The number of ether oxygens (including phenoxy) is 1. The van der Waals surface area contributed by atoms with Gasteiger partial charge in [-0.25, -0.2) is 0 Å². The Morgan fingerprint density at radius 1 is 0.957 bits per heavy atom. The Morgan fingerprint density at radius 3 is 2.17 bits per heavy atom. The van der Waals surface area contributed by atoms with E-state index in [1.54, 1.807) is 0 Å². The van der Waals surface area contributed by atoms with Gasteiger partial charge in [0, 0.05) is 16.8 Å². The summed E-state index contributed by atoms with van der Waals surface area (Å²) in [6.45, 7) is 0. The molecule has 0 aromatic heterocycles. The van der Waals surface area contributed by atoms with Gasteiger partial charge in [-0.2, -0.15) is 0 Å². The van der Waals surface area contributed by atoms with Gasteiger partial charge in [-0.3, -0.25) is 4.79 Å². The molecule has 10 radical (unpaired) electrons. The number of ketones is 1. The van der Waals surface area contributed by atoms with Crippen LogP contribution < -0.4 is 4.74 Å². The van der Waals surface area contributed by atoms with E-state index in [-0.39, 0.29) is 29.0 Å². The zero-order valence-corrected chi connectivity index (χ0v) is 15.0. The first kappa shape index (κ1) is 19.0. The van der Waals surface area contributed by atoms with E-state index in [0.717, 1.165) is 10.4 Å². The maximum absolute atomic E-state index is 12.0. The van der Waals surface area contributed by atoms with E-state index in [4.69, 9.17) is 4.74 Å². The van der Waals surface area contributed by atoms with E-state index >= 15 is 0 Å². The maximum atomic E-state index is 12.0. The van der Waals surface area contributed by atoms with E-state index in [9.17, 15) is 4.79 Å². The number of hydrogen-bond acceptors (Lipinski definition) is 2. The molecule has 1 aromatic carbocycles. The molecule has 4 rings (SSSR count). The molecule has 2 fully saturated rings. The number of fused-ring (bicyclic) bond motifs is 1. The van der Waals surface area contributed by atoms with Crippen molar-refractivity contribution in [1.82, 2.24) is 0 Å². The van der Waals surface area contributed by atoms with Gasteiger partial charge in [-0.15, -0.1) is 0 Å². The van der Waals surface area contributed by atoms with E-state index in [0.29, 0.717) is 17.7 Å². The molecule has 2 saturated carbocycles. The number of hydrogen-bond donors (Lipinski definition) is 0. The van der Waals surface area contributed by atoms with Gasteiger partial charge >= 0.3 is 17.1 Å². The van der Waals surface area contributed by atoms with Gasteiger partial charge in [0.05, 0.1) is 5.56 Å². The number of carbonyl (C=O) groups is 1. The predicted octanol–water partition coefficient (Wildman–Crippen LogP) is 4.21. The van der Waals surface area contributed by atoms with Crippen molar-refractivity contribution in [2.75, 3.05) is 0 Å². The van der Waals surface area contributed by atoms with Crippen molar-refractivity contribution in [3.05, 3.63) is 91.9 Å². The molecule has 0 N–H and O–H groups in total. The fraction of sp³-hybridized carbons (Fsp3) is 0.105. The minimum Gasteiger partial charge on any atom is -0.489 e. The van der Waals surface area contributed by atoms with Gasteiger partial charge in [-0.1, -0.05) is 15.9 Å². The number of rotatable bonds is 1. The first-order chi connectivity index (χ1) is 10.7. The predicted molar refractivity (Wildman–Crippen MR) is 89.4 cm³/mol. The maximum Gasteiger partial charge on any atom is 2.00 e. The molecule has 1 unspecified atom stereocenters. The van der Waals surface area contributed by atoms with Gasteiger partial charge in [0.1, 0.15) is 11.9 Å². The zero-order valence-electron chi connectivity index (χ0n) is 12.3. The first-order valence-electron chi connectivity index (χ1n) is 7.12. The molecule has 1 aromatic rings. The van der Waals surface area contributed by atoms with E-state index in [1.807, 2.05) is 76.0 Å². The molecular weight excluding hydrogens is 396 g/mol. The fourth-order valence-corrected chi connectivity index (χ4v) is 2.77. The van der Waals surface area contributed by atoms with Gasteiger partial charge < -0.3 is 4.74 Å². The Kier molecular flexibility index (Phi) is 7.65. The third-order valence-corrected chi connectivity index (χ3v) is 3.99. The molecule has 1 heterocycles. The van der Waals surface area contributed by atoms with Crippen LogP contribution in [0.5, 0.6) is 5.75 Å². The summed E-state index contributed by atoms with van der Waals surface area (Å²) in [5.41, 5.74) is 0.669. The quantitative estimate of drug-likeness (QED) is 0.648. The van der Waals surface area contributed by atoms with Crippen molar-refractivity contribution in [3.8, 4) is 5.75 Å². The number of Topliss-reactive ketones (excluding diaryl/α,β-unsaturated/α-hetero) is 1. The minimum absolute atomic E-state index is 0. The Balaban J connectivity index is 0.000000276. The standard InChI is InChI=1S/C14H10BrO2.C5H5.Fe/c15-10-5-6-13-11(7-10)12(16)8-14(17-13)9-3-1-2-4-9;1-2-4-5-3-1;/h1-7,14H,8H2;1-5H;/q;;+2. The average Bonchev–Trinajstić information content (AvgIpc) is 3.24. The molecule has 1 atom stereocenters. The normalized spacial score (nSPS) is 23.3. The summed E-state index contributed by atoms with van der Waals surface area (Å²) in [5, 5.41) is 0. The summed E-state index contributed by atoms with van der Waals surface area (Å²) < 4.78 is 6.76. The summed E-state index contributed by atoms with van der Waals surface area (Å²) >= 11 is 3.36. The van der Waals surface area contributed by atoms with Gasteiger partial charge in [-0.05, 0) is 76.0 Å². The Morgan fingerprint density at radius 2 is 1.57 bits per heavy atom. The number of benzene rings is 1. The molecule has 4 heteroatoms. The van der Waals surface area contributed by atoms with Crippen LogP contribution in [0.2, 0.25) is 0 Å². The van der Waals surface area contributed by atoms with Crippen molar-refractivity contribution in [2.24, 2.45) is 0 Å². The van der Waals surface area contributed by atoms with E-state index < -0.39 is 0 Å². The third kappa shape index (κ3) is 5.08. The number of carbonyl (C=O) groups excluding carboxylic acids is 1. The monoisotopic (exact) mass is 410 g/mol. The molecule has 0 bridgehead atoms. The molecular formula is C19H15BrFeO2+2. The topological polar surface area (TPSA) is 26.3 Å². The van der Waals surface area contributed by atoms with Gasteiger partial charge in [0.15, 0.2) is 5.78 Å².